The van der Waals surface area contributed by atoms with E-state index >= 15 is 0 Å². The quantitative estimate of drug-likeness (QED) is 0.854. The predicted molar refractivity (Wildman–Crippen MR) is 81.2 cm³/mol. The van der Waals surface area contributed by atoms with Crippen molar-refractivity contribution in [1.29, 1.82) is 0 Å². The molecular formula is C14H21NO2S2. The Morgan fingerprint density at radius 3 is 2.74 bits per heavy atom. The monoisotopic (exact) mass is 299 g/mol. The van der Waals surface area contributed by atoms with E-state index in [1.807, 2.05) is 11.8 Å². The van der Waals surface area contributed by atoms with Gasteiger partial charge in [-0.25, -0.2) is 9.78 Å². The van der Waals surface area contributed by atoms with E-state index in [1.54, 1.807) is 0 Å². The number of hydrogen-bond acceptors (Lipinski definition) is 4. The van der Waals surface area contributed by atoms with Crippen LogP contribution in [0.25, 0.3) is 0 Å². The first-order valence-electron chi connectivity index (χ1n) is 6.89. The molecule has 0 bridgehead atoms. The molecule has 0 saturated heterocycles. The van der Waals surface area contributed by atoms with Gasteiger partial charge in [-0.3, -0.25) is 0 Å². The fourth-order valence-electron chi connectivity index (χ4n) is 2.40. The smallest absolute Gasteiger partial charge is 0.347 e. The van der Waals surface area contributed by atoms with Gasteiger partial charge in [0, 0.05) is 11.0 Å². The highest BCUT2D eigenvalue weighted by atomic mass is 32.2. The number of carboxylic acid groups (broad SMARTS) is 1. The van der Waals surface area contributed by atoms with Crippen LogP contribution in [0.3, 0.4) is 0 Å². The summed E-state index contributed by atoms with van der Waals surface area (Å²) in [6.45, 7) is 4.19. The topological polar surface area (TPSA) is 50.2 Å². The molecule has 1 fully saturated rings. The lowest BCUT2D eigenvalue weighted by Crippen LogP contribution is -2.02. The van der Waals surface area contributed by atoms with Gasteiger partial charge in [0.15, 0.2) is 0 Å². The highest BCUT2D eigenvalue weighted by Gasteiger charge is 2.20. The Balaban J connectivity index is 2.01. The number of nitrogens with zero attached hydrogens (tertiary/aromatic N) is 1. The molecule has 1 aliphatic carbocycles. The lowest BCUT2D eigenvalue weighted by Gasteiger charge is -2.05. The molecule has 1 N–H and O–H groups in total. The third-order valence-corrected chi connectivity index (χ3v) is 5.93. The highest BCUT2D eigenvalue weighted by molar-refractivity contribution is 7.99. The summed E-state index contributed by atoms with van der Waals surface area (Å²) in [4.78, 5) is 16.2. The summed E-state index contributed by atoms with van der Waals surface area (Å²) in [6.07, 6.45) is 6.05. The van der Waals surface area contributed by atoms with Crippen molar-refractivity contribution in [3.63, 3.8) is 0 Å². The molecule has 19 heavy (non-hydrogen) atoms. The van der Waals surface area contributed by atoms with Crippen LogP contribution < -0.4 is 0 Å². The second kappa shape index (κ2) is 6.75. The first-order chi connectivity index (χ1) is 9.06. The number of aromatic nitrogens is 1. The summed E-state index contributed by atoms with van der Waals surface area (Å²) < 4.78 is 0. The molecule has 1 heterocycles. The lowest BCUT2D eigenvalue weighted by atomic mass is 10.1. The molecule has 0 spiro atoms. The number of carbonyl (C=O) groups is 1. The third kappa shape index (κ3) is 4.21. The van der Waals surface area contributed by atoms with Crippen LogP contribution in [0.5, 0.6) is 0 Å². The molecule has 1 saturated carbocycles. The van der Waals surface area contributed by atoms with Crippen molar-refractivity contribution in [2.24, 2.45) is 5.92 Å². The van der Waals surface area contributed by atoms with Crippen molar-refractivity contribution in [3.8, 4) is 0 Å². The molecule has 5 heteroatoms. The van der Waals surface area contributed by atoms with Crippen molar-refractivity contribution >= 4 is 29.1 Å². The summed E-state index contributed by atoms with van der Waals surface area (Å²) in [5.41, 5.74) is 0.773. The molecule has 0 aliphatic heterocycles. The Morgan fingerprint density at radius 1 is 1.47 bits per heavy atom. The van der Waals surface area contributed by atoms with Gasteiger partial charge >= 0.3 is 5.97 Å². The maximum absolute atomic E-state index is 11.2. The van der Waals surface area contributed by atoms with Crippen LogP contribution in [0, 0.1) is 5.92 Å². The minimum atomic E-state index is -0.828. The highest BCUT2D eigenvalue weighted by Crippen LogP contribution is 2.33. The van der Waals surface area contributed by atoms with Crippen LogP contribution in [-0.4, -0.2) is 21.3 Å². The summed E-state index contributed by atoms with van der Waals surface area (Å²) >= 11 is 3.31. The van der Waals surface area contributed by atoms with Crippen molar-refractivity contribution in [2.45, 2.75) is 57.0 Å². The van der Waals surface area contributed by atoms with Crippen LogP contribution in [0.1, 0.15) is 59.9 Å². The molecule has 3 nitrogen and oxygen atoms in total. The third-order valence-electron chi connectivity index (χ3n) is 3.28. The maximum Gasteiger partial charge on any atom is 0.347 e. The number of rotatable bonds is 6. The standard InChI is InChI=1S/C14H21NO2S2/c1-9(2)7-11-13(14(16)17)19-12(15-11)8-18-10-5-3-4-6-10/h9-10H,3-8H2,1-2H3,(H,16,17). The van der Waals surface area contributed by atoms with Crippen LogP contribution in [-0.2, 0) is 12.2 Å². The summed E-state index contributed by atoms with van der Waals surface area (Å²) in [6, 6.07) is 0. The Hall–Kier alpha value is -0.550. The first-order valence-corrected chi connectivity index (χ1v) is 8.76. The number of thioether (sulfide) groups is 1. The zero-order valence-electron chi connectivity index (χ0n) is 11.5. The minimum Gasteiger partial charge on any atom is -0.477 e. The SMILES string of the molecule is CC(C)Cc1nc(CSC2CCCC2)sc1C(=O)O. The van der Waals surface area contributed by atoms with E-state index in [9.17, 15) is 9.90 Å². The summed E-state index contributed by atoms with van der Waals surface area (Å²) in [7, 11) is 0. The number of thiazole rings is 1. The molecule has 1 aliphatic rings. The van der Waals surface area contributed by atoms with E-state index in [1.165, 1.54) is 37.0 Å². The normalized spacial score (nSPS) is 16.4. The van der Waals surface area contributed by atoms with Crippen LogP contribution in [0.15, 0.2) is 0 Å². The Morgan fingerprint density at radius 2 is 2.16 bits per heavy atom. The molecule has 106 valence electrons. The molecular weight excluding hydrogens is 278 g/mol. The van der Waals surface area contributed by atoms with Gasteiger partial charge in [-0.2, -0.15) is 11.8 Å². The van der Waals surface area contributed by atoms with E-state index < -0.39 is 5.97 Å². The molecule has 1 aromatic rings. The van der Waals surface area contributed by atoms with Crippen LogP contribution >= 0.6 is 23.1 Å². The molecule has 0 amide bonds. The summed E-state index contributed by atoms with van der Waals surface area (Å²) in [5, 5.41) is 11.0. The van der Waals surface area contributed by atoms with Gasteiger partial charge in [0.05, 0.1) is 5.69 Å². The molecule has 2 rings (SSSR count). The zero-order valence-corrected chi connectivity index (χ0v) is 13.1. The molecule has 0 radical (unpaired) electrons. The first kappa shape index (κ1) is 14.9. The van der Waals surface area contributed by atoms with E-state index in [2.05, 4.69) is 18.8 Å². The van der Waals surface area contributed by atoms with Gasteiger partial charge in [-0.15, -0.1) is 11.3 Å². The van der Waals surface area contributed by atoms with Crippen molar-refractivity contribution in [3.05, 3.63) is 15.6 Å². The average molecular weight is 299 g/mol. The molecule has 0 aromatic carbocycles. The number of carboxylic acids is 1. The largest absolute Gasteiger partial charge is 0.477 e. The molecule has 0 unspecified atom stereocenters. The van der Waals surface area contributed by atoms with E-state index in [0.29, 0.717) is 10.8 Å². The van der Waals surface area contributed by atoms with E-state index in [-0.39, 0.29) is 0 Å². The number of hydrogen-bond donors (Lipinski definition) is 1. The molecule has 0 atom stereocenters. The van der Waals surface area contributed by atoms with Gasteiger partial charge in [-0.05, 0) is 25.2 Å². The maximum atomic E-state index is 11.2. The zero-order chi connectivity index (χ0) is 13.8. The van der Waals surface area contributed by atoms with Gasteiger partial charge in [0.25, 0.3) is 0 Å². The van der Waals surface area contributed by atoms with Crippen LogP contribution in [0.2, 0.25) is 0 Å². The van der Waals surface area contributed by atoms with Crippen molar-refractivity contribution in [1.82, 2.24) is 4.98 Å². The number of aromatic carboxylic acids is 1. The minimum absolute atomic E-state index is 0.440. The van der Waals surface area contributed by atoms with Crippen LogP contribution in [0.4, 0.5) is 0 Å². The fourth-order valence-corrected chi connectivity index (χ4v) is 4.67. The second-order valence-electron chi connectivity index (χ2n) is 5.50. The lowest BCUT2D eigenvalue weighted by molar-refractivity contribution is 0.0700. The van der Waals surface area contributed by atoms with E-state index in [0.717, 1.165) is 28.1 Å². The fraction of sp³-hybridized carbons (Fsp3) is 0.714. The van der Waals surface area contributed by atoms with Crippen molar-refractivity contribution in [2.75, 3.05) is 0 Å². The predicted octanol–water partition coefficient (Wildman–Crippen LogP) is 4.22. The summed E-state index contributed by atoms with van der Waals surface area (Å²) in [5.74, 6) is 0.481. The molecule has 1 aromatic heterocycles. The van der Waals surface area contributed by atoms with E-state index in [4.69, 9.17) is 0 Å². The Kier molecular flexibility index (Phi) is 5.28. The van der Waals surface area contributed by atoms with Gasteiger partial charge in [0.2, 0.25) is 0 Å². The Bertz CT molecular complexity index is 437. The van der Waals surface area contributed by atoms with Crippen molar-refractivity contribution < 1.29 is 9.90 Å². The Labute approximate surface area is 122 Å². The van der Waals surface area contributed by atoms with Gasteiger partial charge in [0.1, 0.15) is 9.88 Å². The van der Waals surface area contributed by atoms with Gasteiger partial charge < -0.3 is 5.11 Å². The average Bonchev–Trinajstić information content (AvgIpc) is 2.94. The second-order valence-corrected chi connectivity index (χ2v) is 7.88. The van der Waals surface area contributed by atoms with Gasteiger partial charge in [-0.1, -0.05) is 26.7 Å².